The summed E-state index contributed by atoms with van der Waals surface area (Å²) in [6.07, 6.45) is 1.18. The van der Waals surface area contributed by atoms with Gasteiger partial charge in [-0.15, -0.1) is 23.1 Å². The van der Waals surface area contributed by atoms with Crippen molar-refractivity contribution in [3.05, 3.63) is 52.4 Å². The molecule has 1 aromatic heterocycles. The Hall–Kier alpha value is -0.810. The van der Waals surface area contributed by atoms with Crippen LogP contribution in [0.4, 0.5) is 0 Å². The molecular weight excluding hydrogens is 286 g/mol. The second-order valence-electron chi connectivity index (χ2n) is 5.24. The molecule has 3 rings (SSSR count). The Bertz CT molecular complexity index is 564. The highest BCUT2D eigenvalue weighted by molar-refractivity contribution is 8.01. The van der Waals surface area contributed by atoms with E-state index in [1.165, 1.54) is 21.8 Å². The maximum Gasteiger partial charge on any atom is 0.0681 e. The van der Waals surface area contributed by atoms with Gasteiger partial charge in [0.25, 0.3) is 0 Å². The molecule has 2 nitrogen and oxygen atoms in total. The van der Waals surface area contributed by atoms with Crippen LogP contribution >= 0.6 is 23.1 Å². The smallest absolute Gasteiger partial charge is 0.0681 e. The van der Waals surface area contributed by atoms with Crippen molar-refractivity contribution in [2.24, 2.45) is 0 Å². The SMILES string of the molecule is C[C@H]1CC(NCc2ccc(CO)cc2)c2ccsc2S1. The van der Waals surface area contributed by atoms with E-state index in [2.05, 4.69) is 35.8 Å². The summed E-state index contributed by atoms with van der Waals surface area (Å²) >= 11 is 3.85. The lowest BCUT2D eigenvalue weighted by Crippen LogP contribution is -2.26. The number of nitrogens with one attached hydrogen (secondary N) is 1. The van der Waals surface area contributed by atoms with Crippen molar-refractivity contribution in [2.45, 2.75) is 42.0 Å². The van der Waals surface area contributed by atoms with Crippen molar-refractivity contribution in [3.63, 3.8) is 0 Å². The summed E-state index contributed by atoms with van der Waals surface area (Å²) in [5, 5.41) is 15.6. The molecular formula is C16H19NOS2. The van der Waals surface area contributed by atoms with Crippen molar-refractivity contribution < 1.29 is 5.11 Å². The van der Waals surface area contributed by atoms with Crippen LogP contribution in [-0.4, -0.2) is 10.4 Å². The largest absolute Gasteiger partial charge is 0.392 e. The fourth-order valence-electron chi connectivity index (χ4n) is 2.55. The number of hydrogen-bond donors (Lipinski definition) is 2. The summed E-state index contributed by atoms with van der Waals surface area (Å²) in [4.78, 5) is 0. The lowest BCUT2D eigenvalue weighted by molar-refractivity contribution is 0.282. The number of aliphatic hydroxyl groups excluding tert-OH is 1. The van der Waals surface area contributed by atoms with E-state index in [0.29, 0.717) is 11.3 Å². The van der Waals surface area contributed by atoms with Crippen molar-refractivity contribution in [1.82, 2.24) is 5.32 Å². The van der Waals surface area contributed by atoms with Gasteiger partial charge in [0.15, 0.2) is 0 Å². The van der Waals surface area contributed by atoms with Gasteiger partial charge < -0.3 is 10.4 Å². The summed E-state index contributed by atoms with van der Waals surface area (Å²) < 4.78 is 1.47. The molecule has 0 saturated heterocycles. The van der Waals surface area contributed by atoms with Crippen LogP contribution in [0.3, 0.4) is 0 Å². The number of aliphatic hydroxyl groups is 1. The lowest BCUT2D eigenvalue weighted by atomic mass is 10.0. The van der Waals surface area contributed by atoms with Crippen LogP contribution in [0.25, 0.3) is 0 Å². The minimum atomic E-state index is 0.114. The fourth-order valence-corrected chi connectivity index (χ4v) is 5.11. The quantitative estimate of drug-likeness (QED) is 0.897. The van der Waals surface area contributed by atoms with Gasteiger partial charge in [-0.3, -0.25) is 0 Å². The van der Waals surface area contributed by atoms with Crippen LogP contribution < -0.4 is 5.32 Å². The van der Waals surface area contributed by atoms with E-state index < -0.39 is 0 Å². The van der Waals surface area contributed by atoms with Gasteiger partial charge in [0.2, 0.25) is 0 Å². The van der Waals surface area contributed by atoms with Crippen LogP contribution in [0, 0.1) is 0 Å². The predicted molar refractivity (Wildman–Crippen MR) is 86.2 cm³/mol. The van der Waals surface area contributed by atoms with Crippen LogP contribution in [0.2, 0.25) is 0 Å². The standard InChI is InChI=1S/C16H19NOS2/c1-11-8-15(14-6-7-19-16(14)20-11)17-9-12-2-4-13(10-18)5-3-12/h2-7,11,15,17-18H,8-10H2,1H3/t11-,15?/m0/s1. The summed E-state index contributed by atoms with van der Waals surface area (Å²) in [5.74, 6) is 0. The number of rotatable bonds is 4. The van der Waals surface area contributed by atoms with Gasteiger partial charge >= 0.3 is 0 Å². The molecule has 2 N–H and O–H groups in total. The molecule has 0 aliphatic carbocycles. The molecule has 20 heavy (non-hydrogen) atoms. The Morgan fingerprint density at radius 2 is 1.95 bits per heavy atom. The minimum Gasteiger partial charge on any atom is -0.392 e. The van der Waals surface area contributed by atoms with Crippen molar-refractivity contribution >= 4 is 23.1 Å². The highest BCUT2D eigenvalue weighted by atomic mass is 32.2. The van der Waals surface area contributed by atoms with E-state index in [1.807, 2.05) is 35.2 Å². The van der Waals surface area contributed by atoms with E-state index in [-0.39, 0.29) is 6.61 Å². The number of thioether (sulfide) groups is 1. The van der Waals surface area contributed by atoms with Gasteiger partial charge in [-0.25, -0.2) is 0 Å². The van der Waals surface area contributed by atoms with E-state index in [4.69, 9.17) is 5.11 Å². The first-order chi connectivity index (χ1) is 9.76. The first kappa shape index (κ1) is 14.1. The van der Waals surface area contributed by atoms with E-state index >= 15 is 0 Å². The Labute approximate surface area is 128 Å². The lowest BCUT2D eigenvalue weighted by Gasteiger charge is -2.27. The average Bonchev–Trinajstić information content (AvgIpc) is 2.93. The molecule has 0 spiro atoms. The number of thiophene rings is 1. The number of hydrogen-bond acceptors (Lipinski definition) is 4. The Kier molecular flexibility index (Phi) is 4.46. The zero-order valence-electron chi connectivity index (χ0n) is 11.5. The molecule has 1 aliphatic rings. The van der Waals surface area contributed by atoms with Crippen molar-refractivity contribution in [1.29, 1.82) is 0 Å². The van der Waals surface area contributed by atoms with Gasteiger partial charge in [0.1, 0.15) is 0 Å². The third kappa shape index (κ3) is 3.09. The molecule has 2 atom stereocenters. The normalized spacial score (nSPS) is 21.7. The molecule has 106 valence electrons. The molecule has 0 bridgehead atoms. The van der Waals surface area contributed by atoms with Crippen LogP contribution in [0.1, 0.15) is 36.1 Å². The maximum atomic E-state index is 9.06. The third-order valence-corrected chi connectivity index (χ3v) is 6.01. The monoisotopic (exact) mass is 305 g/mol. The first-order valence-corrected chi connectivity index (χ1v) is 8.68. The molecule has 1 aromatic carbocycles. The first-order valence-electron chi connectivity index (χ1n) is 6.92. The van der Waals surface area contributed by atoms with Crippen molar-refractivity contribution in [3.8, 4) is 0 Å². The number of benzene rings is 1. The summed E-state index contributed by atoms with van der Waals surface area (Å²) in [7, 11) is 0. The maximum absolute atomic E-state index is 9.06. The molecule has 4 heteroatoms. The zero-order chi connectivity index (χ0) is 13.9. The molecule has 2 aromatic rings. The van der Waals surface area contributed by atoms with Gasteiger partial charge in [-0.2, -0.15) is 0 Å². The van der Waals surface area contributed by atoms with E-state index in [1.54, 1.807) is 0 Å². The van der Waals surface area contributed by atoms with Gasteiger partial charge in [0.05, 0.1) is 10.8 Å². The topological polar surface area (TPSA) is 32.3 Å². The molecule has 0 radical (unpaired) electrons. The van der Waals surface area contributed by atoms with Crippen LogP contribution in [0.15, 0.2) is 39.9 Å². The second-order valence-corrected chi connectivity index (χ2v) is 7.86. The Morgan fingerprint density at radius 1 is 1.20 bits per heavy atom. The van der Waals surface area contributed by atoms with Gasteiger partial charge in [-0.1, -0.05) is 31.2 Å². The zero-order valence-corrected chi connectivity index (χ0v) is 13.1. The van der Waals surface area contributed by atoms with Crippen LogP contribution in [0.5, 0.6) is 0 Å². The number of fused-ring (bicyclic) bond motifs is 1. The van der Waals surface area contributed by atoms with Gasteiger partial charge in [0, 0.05) is 17.8 Å². The highest BCUT2D eigenvalue weighted by Crippen LogP contribution is 2.43. The molecule has 1 aliphatic heterocycles. The molecule has 2 heterocycles. The van der Waals surface area contributed by atoms with Crippen LogP contribution in [-0.2, 0) is 13.2 Å². The van der Waals surface area contributed by atoms with Gasteiger partial charge in [-0.05, 0) is 34.6 Å². The molecule has 0 saturated carbocycles. The Balaban J connectivity index is 1.66. The third-order valence-electron chi connectivity index (χ3n) is 3.67. The molecule has 0 fully saturated rings. The minimum absolute atomic E-state index is 0.114. The summed E-state index contributed by atoms with van der Waals surface area (Å²) in [5.41, 5.74) is 3.70. The van der Waals surface area contributed by atoms with E-state index in [0.717, 1.165) is 12.1 Å². The fraction of sp³-hybridized carbons (Fsp3) is 0.375. The molecule has 0 amide bonds. The highest BCUT2D eigenvalue weighted by Gasteiger charge is 2.25. The van der Waals surface area contributed by atoms with Crippen molar-refractivity contribution in [2.75, 3.05) is 0 Å². The average molecular weight is 305 g/mol. The Morgan fingerprint density at radius 3 is 2.70 bits per heavy atom. The second kappa shape index (κ2) is 6.31. The van der Waals surface area contributed by atoms with E-state index in [9.17, 15) is 0 Å². The summed E-state index contributed by atoms with van der Waals surface area (Å²) in [6, 6.07) is 10.9. The predicted octanol–water partition coefficient (Wildman–Crippen LogP) is 3.96. The summed E-state index contributed by atoms with van der Waals surface area (Å²) in [6.45, 7) is 3.30. The molecule has 1 unspecified atom stereocenters.